The predicted molar refractivity (Wildman–Crippen MR) is 118 cm³/mol. The lowest BCUT2D eigenvalue weighted by molar-refractivity contribution is 0.265. The first-order chi connectivity index (χ1) is 14.1. The van der Waals surface area contributed by atoms with Crippen LogP contribution in [0.4, 0.5) is 4.39 Å². The molecule has 3 rings (SSSR count). The number of rotatable bonds is 9. The Morgan fingerprint density at radius 1 is 0.966 bits per heavy atom. The molecular weight excluding hydrogens is 457 g/mol. The molecule has 3 aromatic rings. The van der Waals surface area contributed by atoms with E-state index in [4.69, 9.17) is 21.1 Å². The first-order valence-electron chi connectivity index (χ1n) is 9.34. The van der Waals surface area contributed by atoms with Gasteiger partial charge in [-0.1, -0.05) is 63.9 Å². The van der Waals surface area contributed by atoms with Gasteiger partial charge in [-0.15, -0.1) is 0 Å². The topological polar surface area (TPSA) is 30.5 Å². The first-order valence-corrected chi connectivity index (χ1v) is 10.5. The van der Waals surface area contributed by atoms with E-state index in [0.717, 1.165) is 16.6 Å². The van der Waals surface area contributed by atoms with Gasteiger partial charge in [0.2, 0.25) is 0 Å². The highest BCUT2D eigenvalue weighted by Crippen LogP contribution is 2.35. The summed E-state index contributed by atoms with van der Waals surface area (Å²) in [6, 6.07) is 18.6. The van der Waals surface area contributed by atoms with E-state index >= 15 is 0 Å². The van der Waals surface area contributed by atoms with Gasteiger partial charge < -0.3 is 14.8 Å². The molecule has 0 atom stereocenters. The summed E-state index contributed by atoms with van der Waals surface area (Å²) in [5, 5.41) is 3.76. The summed E-state index contributed by atoms with van der Waals surface area (Å²) < 4.78 is 26.5. The minimum Gasteiger partial charge on any atom is -0.490 e. The Hall–Kier alpha value is -2.08. The zero-order chi connectivity index (χ0) is 20.6. The van der Waals surface area contributed by atoms with E-state index in [-0.39, 0.29) is 6.61 Å². The summed E-state index contributed by atoms with van der Waals surface area (Å²) in [6.07, 6.45) is 0. The molecule has 0 bridgehead atoms. The number of nitrogens with one attached hydrogen (secondary N) is 1. The van der Waals surface area contributed by atoms with Crippen molar-refractivity contribution in [1.82, 2.24) is 5.32 Å². The molecule has 0 spiro atoms. The molecule has 0 fully saturated rings. The third-order valence-electron chi connectivity index (χ3n) is 4.33. The van der Waals surface area contributed by atoms with Crippen molar-refractivity contribution in [3.05, 3.63) is 92.7 Å². The van der Waals surface area contributed by atoms with E-state index in [1.165, 1.54) is 11.6 Å². The normalized spacial score (nSPS) is 10.8. The fourth-order valence-corrected chi connectivity index (χ4v) is 3.53. The van der Waals surface area contributed by atoms with E-state index in [1.807, 2.05) is 37.3 Å². The zero-order valence-corrected chi connectivity index (χ0v) is 18.4. The fraction of sp³-hybridized carbons (Fsp3) is 0.217. The maximum absolute atomic E-state index is 14.0. The Labute approximate surface area is 183 Å². The minimum absolute atomic E-state index is 0.0175. The number of halogens is 3. The van der Waals surface area contributed by atoms with Crippen molar-refractivity contribution < 1.29 is 13.9 Å². The monoisotopic (exact) mass is 477 g/mol. The van der Waals surface area contributed by atoms with Gasteiger partial charge in [-0.2, -0.15) is 0 Å². The molecular formula is C23H22BrClFNO2. The van der Waals surface area contributed by atoms with Gasteiger partial charge in [-0.25, -0.2) is 4.39 Å². The average Bonchev–Trinajstić information content (AvgIpc) is 2.71. The Bertz CT molecular complexity index is 933. The van der Waals surface area contributed by atoms with Gasteiger partial charge in [-0.3, -0.25) is 0 Å². The Morgan fingerprint density at radius 3 is 2.45 bits per heavy atom. The van der Waals surface area contributed by atoms with Crippen LogP contribution in [0.15, 0.2) is 65.1 Å². The standard InChI is InChI=1S/C23H22BrClFNO2/c1-2-28-22-11-17(14-27-13-16-7-4-3-5-8-16)19(24)12-23(22)29-15-18-20(25)9-6-10-21(18)26/h3-12,27H,2,13-15H2,1H3. The highest BCUT2D eigenvalue weighted by atomic mass is 79.9. The van der Waals surface area contributed by atoms with Crippen molar-refractivity contribution in [1.29, 1.82) is 0 Å². The average molecular weight is 479 g/mol. The van der Waals surface area contributed by atoms with Gasteiger partial charge >= 0.3 is 0 Å². The lowest BCUT2D eigenvalue weighted by atomic mass is 10.1. The lowest BCUT2D eigenvalue weighted by Gasteiger charge is -2.16. The van der Waals surface area contributed by atoms with Gasteiger partial charge in [0.1, 0.15) is 12.4 Å². The quantitative estimate of drug-likeness (QED) is 0.380. The van der Waals surface area contributed by atoms with E-state index < -0.39 is 5.82 Å². The second kappa shape index (κ2) is 10.6. The number of ether oxygens (including phenoxy) is 2. The molecule has 0 amide bonds. The molecule has 29 heavy (non-hydrogen) atoms. The molecule has 0 saturated heterocycles. The number of benzene rings is 3. The molecule has 0 saturated carbocycles. The van der Waals surface area contributed by atoms with Crippen molar-refractivity contribution >= 4 is 27.5 Å². The Morgan fingerprint density at radius 2 is 1.72 bits per heavy atom. The van der Waals surface area contributed by atoms with Crippen molar-refractivity contribution in [3.8, 4) is 11.5 Å². The molecule has 1 N–H and O–H groups in total. The summed E-state index contributed by atoms with van der Waals surface area (Å²) >= 11 is 9.69. The van der Waals surface area contributed by atoms with Crippen LogP contribution in [0.1, 0.15) is 23.6 Å². The van der Waals surface area contributed by atoms with E-state index in [1.54, 1.807) is 12.1 Å². The maximum atomic E-state index is 14.0. The van der Waals surface area contributed by atoms with Crippen LogP contribution in [-0.4, -0.2) is 6.61 Å². The van der Waals surface area contributed by atoms with Gasteiger partial charge in [0, 0.05) is 23.1 Å². The maximum Gasteiger partial charge on any atom is 0.162 e. The molecule has 0 heterocycles. The Kier molecular flexibility index (Phi) is 7.92. The third kappa shape index (κ3) is 5.95. The summed E-state index contributed by atoms with van der Waals surface area (Å²) in [7, 11) is 0. The van der Waals surface area contributed by atoms with E-state index in [2.05, 4.69) is 33.4 Å². The summed E-state index contributed by atoms with van der Waals surface area (Å²) in [4.78, 5) is 0. The van der Waals surface area contributed by atoms with Crippen molar-refractivity contribution in [2.75, 3.05) is 6.61 Å². The van der Waals surface area contributed by atoms with Crippen LogP contribution < -0.4 is 14.8 Å². The van der Waals surface area contributed by atoms with Gasteiger partial charge in [0.05, 0.1) is 11.6 Å². The lowest BCUT2D eigenvalue weighted by Crippen LogP contribution is -2.13. The van der Waals surface area contributed by atoms with Crippen LogP contribution >= 0.6 is 27.5 Å². The van der Waals surface area contributed by atoms with Crippen LogP contribution in [0.5, 0.6) is 11.5 Å². The van der Waals surface area contributed by atoms with Gasteiger partial charge in [-0.05, 0) is 42.3 Å². The largest absolute Gasteiger partial charge is 0.490 e. The molecule has 0 aliphatic carbocycles. The molecule has 6 heteroatoms. The summed E-state index contributed by atoms with van der Waals surface area (Å²) in [6.45, 7) is 3.85. The fourth-order valence-electron chi connectivity index (χ4n) is 2.85. The van der Waals surface area contributed by atoms with E-state index in [0.29, 0.717) is 35.2 Å². The van der Waals surface area contributed by atoms with Crippen molar-refractivity contribution in [2.45, 2.75) is 26.6 Å². The molecule has 0 radical (unpaired) electrons. The molecule has 3 nitrogen and oxygen atoms in total. The van der Waals surface area contributed by atoms with Gasteiger partial charge in [0.15, 0.2) is 11.5 Å². The third-order valence-corrected chi connectivity index (χ3v) is 5.43. The number of hydrogen-bond donors (Lipinski definition) is 1. The van der Waals surface area contributed by atoms with Crippen LogP contribution in [-0.2, 0) is 19.7 Å². The molecule has 3 aromatic carbocycles. The molecule has 152 valence electrons. The highest BCUT2D eigenvalue weighted by molar-refractivity contribution is 9.10. The van der Waals surface area contributed by atoms with Crippen molar-refractivity contribution in [3.63, 3.8) is 0 Å². The van der Waals surface area contributed by atoms with Crippen molar-refractivity contribution in [2.24, 2.45) is 0 Å². The summed E-state index contributed by atoms with van der Waals surface area (Å²) in [5.74, 6) is 0.751. The van der Waals surface area contributed by atoms with Crippen LogP contribution in [0, 0.1) is 5.82 Å². The van der Waals surface area contributed by atoms with Gasteiger partial charge in [0.25, 0.3) is 0 Å². The second-order valence-corrected chi connectivity index (χ2v) is 7.66. The highest BCUT2D eigenvalue weighted by Gasteiger charge is 2.13. The predicted octanol–water partition coefficient (Wildman–Crippen LogP) is 6.51. The smallest absolute Gasteiger partial charge is 0.162 e. The Balaban J connectivity index is 1.71. The van der Waals surface area contributed by atoms with E-state index in [9.17, 15) is 4.39 Å². The number of hydrogen-bond acceptors (Lipinski definition) is 3. The van der Waals surface area contributed by atoms with Crippen LogP contribution in [0.25, 0.3) is 0 Å². The molecule has 0 aliphatic rings. The molecule has 0 aromatic heterocycles. The van der Waals surface area contributed by atoms with Crippen LogP contribution in [0.3, 0.4) is 0 Å². The molecule has 0 aliphatic heterocycles. The zero-order valence-electron chi connectivity index (χ0n) is 16.1. The molecule has 0 unspecified atom stereocenters. The first kappa shape index (κ1) is 21.6. The second-order valence-electron chi connectivity index (χ2n) is 6.40. The SMILES string of the molecule is CCOc1cc(CNCc2ccccc2)c(Br)cc1OCc1c(F)cccc1Cl. The van der Waals surface area contributed by atoms with Crippen LogP contribution in [0.2, 0.25) is 5.02 Å². The summed E-state index contributed by atoms with van der Waals surface area (Å²) in [5.41, 5.74) is 2.58. The minimum atomic E-state index is -0.392.